The van der Waals surface area contributed by atoms with E-state index in [4.69, 9.17) is 0 Å². The topological polar surface area (TPSA) is 61.4 Å². The molecular weight excluding hydrogens is 266 g/mol. The van der Waals surface area contributed by atoms with Gasteiger partial charge in [0.15, 0.2) is 0 Å². The van der Waals surface area contributed by atoms with E-state index in [1.807, 2.05) is 24.3 Å². The summed E-state index contributed by atoms with van der Waals surface area (Å²) in [7, 11) is 0. The summed E-state index contributed by atoms with van der Waals surface area (Å²) in [4.78, 5) is 26.4. The predicted octanol–water partition coefficient (Wildman–Crippen LogP) is 1.50. The number of hydrogen-bond donors (Lipinski definition) is 2. The standard InChI is InChI=1S/C16H19N3O2/c20-15(10-4-3-5-10)17-11-8-14-16(21)18-12-6-1-2-7-13(12)19(14)9-11/h1-2,6-7,10-11,14H,3-5,8-9H2,(H,17,20)(H,18,21). The van der Waals surface area contributed by atoms with E-state index in [-0.39, 0.29) is 29.8 Å². The molecule has 1 saturated heterocycles. The number of nitrogens with zero attached hydrogens (tertiary/aromatic N) is 1. The van der Waals surface area contributed by atoms with Crippen LogP contribution < -0.4 is 15.5 Å². The van der Waals surface area contributed by atoms with Crippen molar-refractivity contribution in [3.8, 4) is 0 Å². The highest BCUT2D eigenvalue weighted by Gasteiger charge is 2.42. The van der Waals surface area contributed by atoms with Gasteiger partial charge in [-0.15, -0.1) is 0 Å². The Bertz CT molecular complexity index is 597. The van der Waals surface area contributed by atoms with E-state index in [0.717, 1.165) is 30.6 Å². The summed E-state index contributed by atoms with van der Waals surface area (Å²) >= 11 is 0. The first kappa shape index (κ1) is 12.7. The summed E-state index contributed by atoms with van der Waals surface area (Å²) in [5, 5.41) is 6.08. The Balaban J connectivity index is 1.51. The number of nitrogens with one attached hydrogen (secondary N) is 2. The lowest BCUT2D eigenvalue weighted by molar-refractivity contribution is -0.128. The highest BCUT2D eigenvalue weighted by Crippen LogP contribution is 2.36. The summed E-state index contributed by atoms with van der Waals surface area (Å²) in [5.41, 5.74) is 1.92. The number of carbonyl (C=O) groups is 2. The third-order valence-electron chi connectivity index (χ3n) is 4.90. The fourth-order valence-electron chi connectivity index (χ4n) is 3.49. The van der Waals surface area contributed by atoms with Crippen LogP contribution in [0.25, 0.3) is 0 Å². The second kappa shape index (κ2) is 4.76. The zero-order valence-electron chi connectivity index (χ0n) is 11.8. The largest absolute Gasteiger partial charge is 0.356 e. The molecule has 0 aromatic heterocycles. The average Bonchev–Trinajstić information content (AvgIpc) is 2.81. The van der Waals surface area contributed by atoms with E-state index < -0.39 is 0 Å². The molecule has 2 heterocycles. The first-order chi connectivity index (χ1) is 10.2. The van der Waals surface area contributed by atoms with Crippen LogP contribution in [-0.4, -0.2) is 30.4 Å². The number of benzene rings is 1. The summed E-state index contributed by atoms with van der Waals surface area (Å²) < 4.78 is 0. The Morgan fingerprint density at radius 2 is 2.10 bits per heavy atom. The highest BCUT2D eigenvalue weighted by molar-refractivity contribution is 6.04. The lowest BCUT2D eigenvalue weighted by atomic mass is 9.84. The molecule has 3 aliphatic rings. The molecule has 0 spiro atoms. The van der Waals surface area contributed by atoms with Gasteiger partial charge in [0.1, 0.15) is 6.04 Å². The second-order valence-corrected chi connectivity index (χ2v) is 6.24. The quantitative estimate of drug-likeness (QED) is 0.865. The second-order valence-electron chi connectivity index (χ2n) is 6.24. The van der Waals surface area contributed by atoms with Crippen molar-refractivity contribution in [3.63, 3.8) is 0 Å². The van der Waals surface area contributed by atoms with Crippen LogP contribution in [0.3, 0.4) is 0 Å². The maximum atomic E-state index is 12.2. The Morgan fingerprint density at radius 1 is 1.29 bits per heavy atom. The van der Waals surface area contributed by atoms with Gasteiger partial charge in [-0.2, -0.15) is 0 Å². The summed E-state index contributed by atoms with van der Waals surface area (Å²) in [6.45, 7) is 0.716. The molecular formula is C16H19N3O2. The molecule has 2 amide bonds. The van der Waals surface area contributed by atoms with Gasteiger partial charge in [-0.25, -0.2) is 0 Å². The van der Waals surface area contributed by atoms with E-state index in [1.54, 1.807) is 0 Å². The Labute approximate surface area is 123 Å². The highest BCUT2D eigenvalue weighted by atomic mass is 16.2. The molecule has 5 nitrogen and oxygen atoms in total. The minimum atomic E-state index is -0.161. The lowest BCUT2D eigenvalue weighted by Gasteiger charge is -2.32. The molecule has 2 N–H and O–H groups in total. The maximum Gasteiger partial charge on any atom is 0.247 e. The monoisotopic (exact) mass is 285 g/mol. The molecule has 1 aliphatic carbocycles. The van der Waals surface area contributed by atoms with Gasteiger partial charge >= 0.3 is 0 Å². The number of amides is 2. The first-order valence-corrected chi connectivity index (χ1v) is 7.69. The van der Waals surface area contributed by atoms with E-state index in [9.17, 15) is 9.59 Å². The Morgan fingerprint density at radius 3 is 2.86 bits per heavy atom. The average molecular weight is 285 g/mol. The summed E-state index contributed by atoms with van der Waals surface area (Å²) in [6.07, 6.45) is 3.87. The van der Waals surface area contributed by atoms with Crippen molar-refractivity contribution >= 4 is 23.2 Å². The van der Waals surface area contributed by atoms with E-state index in [0.29, 0.717) is 13.0 Å². The molecule has 2 unspecified atom stereocenters. The van der Waals surface area contributed by atoms with E-state index >= 15 is 0 Å². The molecule has 21 heavy (non-hydrogen) atoms. The molecule has 2 atom stereocenters. The molecule has 1 aromatic rings. The van der Waals surface area contributed by atoms with Crippen LogP contribution in [0.2, 0.25) is 0 Å². The van der Waals surface area contributed by atoms with E-state index in [2.05, 4.69) is 15.5 Å². The molecule has 110 valence electrons. The molecule has 2 fully saturated rings. The van der Waals surface area contributed by atoms with Crippen molar-refractivity contribution in [2.75, 3.05) is 16.8 Å². The molecule has 0 radical (unpaired) electrons. The first-order valence-electron chi connectivity index (χ1n) is 7.69. The predicted molar refractivity (Wildman–Crippen MR) is 80.1 cm³/mol. The van der Waals surface area contributed by atoms with Crippen LogP contribution in [0.5, 0.6) is 0 Å². The van der Waals surface area contributed by atoms with Gasteiger partial charge in [0.2, 0.25) is 11.8 Å². The molecule has 1 saturated carbocycles. The van der Waals surface area contributed by atoms with Gasteiger partial charge < -0.3 is 15.5 Å². The maximum absolute atomic E-state index is 12.2. The van der Waals surface area contributed by atoms with Gasteiger partial charge in [0.05, 0.1) is 11.4 Å². The normalized spacial score (nSPS) is 27.4. The van der Waals surface area contributed by atoms with Crippen LogP contribution in [0, 0.1) is 5.92 Å². The summed E-state index contributed by atoms with van der Waals surface area (Å²) in [5.74, 6) is 0.401. The number of rotatable bonds is 2. The van der Waals surface area contributed by atoms with Crippen LogP contribution >= 0.6 is 0 Å². The van der Waals surface area contributed by atoms with Gasteiger partial charge in [-0.3, -0.25) is 9.59 Å². The van der Waals surface area contributed by atoms with Gasteiger partial charge in [0.25, 0.3) is 0 Å². The number of anilines is 2. The molecule has 5 heteroatoms. The smallest absolute Gasteiger partial charge is 0.247 e. The molecule has 1 aromatic carbocycles. The Hall–Kier alpha value is -2.04. The lowest BCUT2D eigenvalue weighted by Crippen LogP contribution is -2.44. The van der Waals surface area contributed by atoms with Gasteiger partial charge in [-0.05, 0) is 31.4 Å². The fraction of sp³-hybridized carbons (Fsp3) is 0.500. The molecule has 2 aliphatic heterocycles. The third kappa shape index (κ3) is 2.07. The van der Waals surface area contributed by atoms with Crippen LogP contribution in [0.1, 0.15) is 25.7 Å². The minimum absolute atomic E-state index is 0.0362. The van der Waals surface area contributed by atoms with Crippen molar-refractivity contribution in [1.29, 1.82) is 0 Å². The molecule has 0 bridgehead atoms. The van der Waals surface area contributed by atoms with Crippen molar-refractivity contribution in [2.24, 2.45) is 5.92 Å². The van der Waals surface area contributed by atoms with Crippen molar-refractivity contribution in [3.05, 3.63) is 24.3 Å². The van der Waals surface area contributed by atoms with Crippen molar-refractivity contribution < 1.29 is 9.59 Å². The van der Waals surface area contributed by atoms with Crippen LogP contribution in [0.4, 0.5) is 11.4 Å². The van der Waals surface area contributed by atoms with Crippen LogP contribution in [0.15, 0.2) is 24.3 Å². The molecule has 4 rings (SSSR count). The fourth-order valence-corrected chi connectivity index (χ4v) is 3.49. The number of carbonyl (C=O) groups excluding carboxylic acids is 2. The van der Waals surface area contributed by atoms with Gasteiger partial charge in [-0.1, -0.05) is 18.6 Å². The van der Waals surface area contributed by atoms with Crippen LogP contribution in [-0.2, 0) is 9.59 Å². The summed E-state index contributed by atoms with van der Waals surface area (Å²) in [6, 6.07) is 7.76. The number of hydrogen-bond acceptors (Lipinski definition) is 3. The van der Waals surface area contributed by atoms with Crippen molar-refractivity contribution in [2.45, 2.75) is 37.8 Å². The number of fused-ring (bicyclic) bond motifs is 3. The minimum Gasteiger partial charge on any atom is -0.356 e. The SMILES string of the molecule is O=C(NC1CC2C(=O)Nc3ccccc3N2C1)C1CCC1. The third-order valence-corrected chi connectivity index (χ3v) is 4.90. The Kier molecular flexibility index (Phi) is 2.87. The van der Waals surface area contributed by atoms with Crippen molar-refractivity contribution in [1.82, 2.24) is 5.32 Å². The number of para-hydroxylation sites is 2. The zero-order valence-corrected chi connectivity index (χ0v) is 11.8. The zero-order chi connectivity index (χ0) is 14.4. The van der Waals surface area contributed by atoms with Gasteiger partial charge in [0, 0.05) is 18.5 Å². The van der Waals surface area contributed by atoms with E-state index in [1.165, 1.54) is 0 Å².